The lowest BCUT2D eigenvalue weighted by molar-refractivity contribution is 0.0781. The highest BCUT2D eigenvalue weighted by Crippen LogP contribution is 2.24. The lowest BCUT2D eigenvalue weighted by atomic mass is 10.1. The maximum absolute atomic E-state index is 12.2. The first kappa shape index (κ1) is 12.4. The van der Waals surface area contributed by atoms with Crippen LogP contribution < -0.4 is 5.73 Å². The summed E-state index contributed by atoms with van der Waals surface area (Å²) in [6, 6.07) is 5.21. The molecule has 1 fully saturated rings. The highest BCUT2D eigenvalue weighted by molar-refractivity contribution is 9.10. The molecule has 1 aromatic carbocycles. The molecule has 92 valence electrons. The smallest absolute Gasteiger partial charge is 0.255 e. The monoisotopic (exact) mass is 298 g/mol. The molecular weight excluding hydrogens is 284 g/mol. The van der Waals surface area contributed by atoms with Gasteiger partial charge in [-0.15, -0.1) is 0 Å². The molecule has 2 rings (SSSR count). The number of aliphatic hydroxyl groups is 1. The van der Waals surface area contributed by atoms with E-state index in [2.05, 4.69) is 15.9 Å². The van der Waals surface area contributed by atoms with E-state index in [1.807, 2.05) is 0 Å². The number of amides is 1. The van der Waals surface area contributed by atoms with E-state index < -0.39 is 0 Å². The summed E-state index contributed by atoms with van der Waals surface area (Å²) in [5.74, 6) is 0.180. The summed E-state index contributed by atoms with van der Waals surface area (Å²) >= 11 is 3.36. The molecule has 17 heavy (non-hydrogen) atoms. The summed E-state index contributed by atoms with van der Waals surface area (Å²) in [7, 11) is 0. The number of carbonyl (C=O) groups excluding carboxylic acids is 1. The highest BCUT2D eigenvalue weighted by atomic mass is 79.9. The molecule has 1 atom stereocenters. The highest BCUT2D eigenvalue weighted by Gasteiger charge is 2.27. The van der Waals surface area contributed by atoms with E-state index >= 15 is 0 Å². The number of aliphatic hydroxyl groups excluding tert-OH is 1. The second-order valence-electron chi connectivity index (χ2n) is 4.33. The molecule has 1 aliphatic rings. The molecule has 1 amide bonds. The lowest BCUT2D eigenvalue weighted by Crippen LogP contribution is -2.29. The van der Waals surface area contributed by atoms with Crippen molar-refractivity contribution < 1.29 is 9.90 Å². The van der Waals surface area contributed by atoms with Gasteiger partial charge in [0.15, 0.2) is 0 Å². The number of benzene rings is 1. The molecule has 0 saturated carbocycles. The Kier molecular flexibility index (Phi) is 3.69. The van der Waals surface area contributed by atoms with Crippen molar-refractivity contribution in [3.8, 4) is 0 Å². The summed E-state index contributed by atoms with van der Waals surface area (Å²) in [4.78, 5) is 14.0. The van der Waals surface area contributed by atoms with Crippen LogP contribution in [-0.2, 0) is 0 Å². The molecule has 1 heterocycles. The van der Waals surface area contributed by atoms with Crippen molar-refractivity contribution in [2.45, 2.75) is 6.42 Å². The standard InChI is InChI=1S/C12H15BrN2O2/c13-11-2-1-9(14)5-10(11)12(17)15-4-3-8(6-15)7-16/h1-2,5,8,16H,3-4,6-7,14H2. The maximum Gasteiger partial charge on any atom is 0.255 e. The molecule has 0 aliphatic carbocycles. The first-order valence-corrected chi connectivity index (χ1v) is 6.36. The van der Waals surface area contributed by atoms with E-state index in [0.29, 0.717) is 24.3 Å². The van der Waals surface area contributed by atoms with Crippen molar-refractivity contribution in [3.05, 3.63) is 28.2 Å². The molecule has 0 aromatic heterocycles. The zero-order valence-corrected chi connectivity index (χ0v) is 11.0. The topological polar surface area (TPSA) is 66.6 Å². The Morgan fingerprint density at radius 3 is 3.00 bits per heavy atom. The summed E-state index contributed by atoms with van der Waals surface area (Å²) in [5, 5.41) is 9.07. The number of halogens is 1. The van der Waals surface area contributed by atoms with Crippen LogP contribution in [0.3, 0.4) is 0 Å². The average Bonchev–Trinajstić information content (AvgIpc) is 2.80. The third-order valence-electron chi connectivity index (χ3n) is 3.05. The zero-order chi connectivity index (χ0) is 12.4. The van der Waals surface area contributed by atoms with Crippen LogP contribution in [0.5, 0.6) is 0 Å². The van der Waals surface area contributed by atoms with Gasteiger partial charge < -0.3 is 15.7 Å². The average molecular weight is 299 g/mol. The van der Waals surface area contributed by atoms with Crippen LogP contribution in [0.15, 0.2) is 22.7 Å². The second kappa shape index (κ2) is 5.06. The first-order valence-electron chi connectivity index (χ1n) is 5.57. The SMILES string of the molecule is Nc1ccc(Br)c(C(=O)N2CCC(CO)C2)c1. The number of rotatable bonds is 2. The Morgan fingerprint density at radius 2 is 2.35 bits per heavy atom. The summed E-state index contributed by atoms with van der Waals surface area (Å²) in [6.07, 6.45) is 0.863. The Bertz CT molecular complexity index is 437. The van der Waals surface area contributed by atoms with Gasteiger partial charge in [-0.3, -0.25) is 4.79 Å². The van der Waals surface area contributed by atoms with E-state index in [-0.39, 0.29) is 18.4 Å². The van der Waals surface area contributed by atoms with Gasteiger partial charge in [-0.2, -0.15) is 0 Å². The third-order valence-corrected chi connectivity index (χ3v) is 3.74. The summed E-state index contributed by atoms with van der Waals surface area (Å²) in [6.45, 7) is 1.46. The summed E-state index contributed by atoms with van der Waals surface area (Å²) < 4.78 is 0.754. The van der Waals surface area contributed by atoms with Crippen LogP contribution in [0, 0.1) is 5.92 Å². The number of anilines is 1. The van der Waals surface area contributed by atoms with Crippen LogP contribution in [0.25, 0.3) is 0 Å². The van der Waals surface area contributed by atoms with Gasteiger partial charge in [-0.1, -0.05) is 0 Å². The van der Waals surface area contributed by atoms with Gasteiger partial charge >= 0.3 is 0 Å². The number of carbonyl (C=O) groups is 1. The second-order valence-corrected chi connectivity index (χ2v) is 5.18. The Balaban J connectivity index is 2.17. The fraction of sp³-hybridized carbons (Fsp3) is 0.417. The maximum atomic E-state index is 12.2. The van der Waals surface area contributed by atoms with Gasteiger partial charge in [-0.25, -0.2) is 0 Å². The van der Waals surface area contributed by atoms with Crippen molar-refractivity contribution in [1.82, 2.24) is 4.90 Å². The van der Waals surface area contributed by atoms with Gasteiger partial charge in [0.25, 0.3) is 5.91 Å². The fourth-order valence-corrected chi connectivity index (χ4v) is 2.46. The predicted molar refractivity (Wildman–Crippen MR) is 69.7 cm³/mol. The molecular formula is C12H15BrN2O2. The third kappa shape index (κ3) is 2.61. The number of nitrogen functional groups attached to an aromatic ring is 1. The minimum absolute atomic E-state index is 0.0277. The van der Waals surface area contributed by atoms with Gasteiger partial charge in [0.1, 0.15) is 0 Å². The van der Waals surface area contributed by atoms with Crippen molar-refractivity contribution in [3.63, 3.8) is 0 Å². The van der Waals surface area contributed by atoms with Crippen LogP contribution in [-0.4, -0.2) is 35.6 Å². The minimum atomic E-state index is -0.0277. The molecule has 0 bridgehead atoms. The number of hydrogen-bond donors (Lipinski definition) is 2. The van der Waals surface area contributed by atoms with Crippen molar-refractivity contribution in [2.24, 2.45) is 5.92 Å². The van der Waals surface area contributed by atoms with Gasteiger partial charge in [-0.05, 0) is 40.5 Å². The molecule has 4 nitrogen and oxygen atoms in total. The molecule has 1 saturated heterocycles. The van der Waals surface area contributed by atoms with Crippen LogP contribution in [0.1, 0.15) is 16.8 Å². The van der Waals surface area contributed by atoms with Crippen LogP contribution in [0.4, 0.5) is 5.69 Å². The van der Waals surface area contributed by atoms with Crippen molar-refractivity contribution in [1.29, 1.82) is 0 Å². The van der Waals surface area contributed by atoms with E-state index in [0.717, 1.165) is 10.9 Å². The fourth-order valence-electron chi connectivity index (χ4n) is 2.04. The van der Waals surface area contributed by atoms with Gasteiger partial charge in [0, 0.05) is 35.8 Å². The quantitative estimate of drug-likeness (QED) is 0.813. The van der Waals surface area contributed by atoms with Crippen molar-refractivity contribution in [2.75, 3.05) is 25.4 Å². The van der Waals surface area contributed by atoms with E-state index in [4.69, 9.17) is 10.8 Å². The lowest BCUT2D eigenvalue weighted by Gasteiger charge is -2.17. The number of nitrogens with zero attached hydrogens (tertiary/aromatic N) is 1. The molecule has 0 radical (unpaired) electrons. The Hall–Kier alpha value is -1.07. The predicted octanol–water partition coefficient (Wildman–Crippen LogP) is 1.49. The van der Waals surface area contributed by atoms with E-state index in [1.54, 1.807) is 23.1 Å². The number of nitrogens with two attached hydrogens (primary N) is 1. The van der Waals surface area contributed by atoms with E-state index in [9.17, 15) is 4.79 Å². The molecule has 0 spiro atoms. The zero-order valence-electron chi connectivity index (χ0n) is 9.40. The van der Waals surface area contributed by atoms with E-state index in [1.165, 1.54) is 0 Å². The number of hydrogen-bond acceptors (Lipinski definition) is 3. The molecule has 1 unspecified atom stereocenters. The molecule has 5 heteroatoms. The molecule has 1 aromatic rings. The number of likely N-dealkylation sites (tertiary alicyclic amines) is 1. The Labute approximate surface area is 109 Å². The van der Waals surface area contributed by atoms with Gasteiger partial charge in [0.2, 0.25) is 0 Å². The van der Waals surface area contributed by atoms with Crippen molar-refractivity contribution >= 4 is 27.5 Å². The van der Waals surface area contributed by atoms with Crippen LogP contribution >= 0.6 is 15.9 Å². The summed E-state index contributed by atoms with van der Waals surface area (Å²) in [5.41, 5.74) is 6.85. The molecule has 1 aliphatic heterocycles. The minimum Gasteiger partial charge on any atom is -0.399 e. The Morgan fingerprint density at radius 1 is 1.59 bits per heavy atom. The largest absolute Gasteiger partial charge is 0.399 e. The molecule has 3 N–H and O–H groups in total. The van der Waals surface area contributed by atoms with Crippen LogP contribution in [0.2, 0.25) is 0 Å². The van der Waals surface area contributed by atoms with Gasteiger partial charge in [0.05, 0.1) is 5.56 Å². The normalized spacial score (nSPS) is 19.6. The first-order chi connectivity index (χ1) is 8.11.